The lowest BCUT2D eigenvalue weighted by molar-refractivity contribution is -0.139. The van der Waals surface area contributed by atoms with Gasteiger partial charge in [-0.3, -0.25) is 4.79 Å². The molecule has 0 unspecified atom stereocenters. The number of halogens is 3. The summed E-state index contributed by atoms with van der Waals surface area (Å²) in [5, 5.41) is 0. The minimum Gasteiger partial charge on any atom is -0.465 e. The lowest BCUT2D eigenvalue weighted by Gasteiger charge is -2.11. The first-order valence-electron chi connectivity index (χ1n) is 3.40. The van der Waals surface area contributed by atoms with Crippen molar-refractivity contribution in [2.75, 3.05) is 18.0 Å². The summed E-state index contributed by atoms with van der Waals surface area (Å²) in [5.41, 5.74) is -0.946. The van der Waals surface area contributed by atoms with Gasteiger partial charge >= 0.3 is 12.9 Å². The molecule has 0 N–H and O–H groups in total. The summed E-state index contributed by atoms with van der Waals surface area (Å²) in [7, 11) is 0. The molecule has 0 amide bonds. The summed E-state index contributed by atoms with van der Waals surface area (Å²) < 4.78 is 39.2. The molecular weight excluding hydrogens is 192 g/mol. The minimum atomic E-state index is -4.79. The first-order valence-corrected chi connectivity index (χ1v) is 4.55. The Morgan fingerprint density at radius 1 is 1.50 bits per heavy atom. The van der Waals surface area contributed by atoms with Gasteiger partial charge in [-0.15, -0.1) is 0 Å². The Labute approximate surface area is 72.9 Å². The van der Waals surface area contributed by atoms with E-state index in [4.69, 9.17) is 0 Å². The highest BCUT2D eigenvalue weighted by atomic mass is 32.2. The van der Waals surface area contributed by atoms with Gasteiger partial charge in [-0.1, -0.05) is 0 Å². The molecule has 0 radical (unpaired) electrons. The van der Waals surface area contributed by atoms with E-state index in [1.165, 1.54) is 0 Å². The Morgan fingerprint density at radius 3 is 2.50 bits per heavy atom. The number of hydrogen-bond donors (Lipinski definition) is 0. The molecule has 0 spiro atoms. The molecule has 0 saturated carbocycles. The number of carbonyl (C=O) groups is 1. The topological polar surface area (TPSA) is 26.3 Å². The fourth-order valence-corrected chi connectivity index (χ4v) is 1.11. The fraction of sp³-hybridized carbons (Fsp3) is 0.800. The Balaban J connectivity index is 3.37. The summed E-state index contributed by atoms with van der Waals surface area (Å²) in [6, 6.07) is 0. The Morgan fingerprint density at radius 2 is 2.08 bits per heavy atom. The van der Waals surface area contributed by atoms with Gasteiger partial charge in [0, 0.05) is 0 Å². The maximum atomic E-state index is 11.6. The standard InChI is InChI=1S/C5H9BF3O2S/c1-2-11-5(10)3-12-4-6(7,8)9/h2-4H2,1H3/q-1. The van der Waals surface area contributed by atoms with E-state index in [1.54, 1.807) is 6.92 Å². The zero-order valence-electron chi connectivity index (χ0n) is 6.56. The molecule has 0 atom stereocenters. The Hall–Kier alpha value is -0.325. The largest absolute Gasteiger partial charge is 0.488 e. The molecule has 2 nitrogen and oxygen atoms in total. The van der Waals surface area contributed by atoms with Crippen LogP contribution in [0.5, 0.6) is 0 Å². The summed E-state index contributed by atoms with van der Waals surface area (Å²) in [4.78, 5) is 10.5. The molecule has 0 aromatic heterocycles. The molecule has 0 heterocycles. The van der Waals surface area contributed by atoms with E-state index in [1.807, 2.05) is 0 Å². The highest BCUT2D eigenvalue weighted by Crippen LogP contribution is 2.15. The molecule has 7 heteroatoms. The molecule has 0 fully saturated rings. The van der Waals surface area contributed by atoms with E-state index in [2.05, 4.69) is 4.74 Å². The van der Waals surface area contributed by atoms with E-state index in [0.29, 0.717) is 11.8 Å². The molecule has 12 heavy (non-hydrogen) atoms. The van der Waals surface area contributed by atoms with Crippen molar-refractivity contribution >= 4 is 24.7 Å². The lowest BCUT2D eigenvalue weighted by Crippen LogP contribution is -2.20. The predicted octanol–water partition coefficient (Wildman–Crippen LogP) is 1.67. The molecule has 0 saturated heterocycles. The summed E-state index contributed by atoms with van der Waals surface area (Å²) in [6.45, 7) is -2.98. The van der Waals surface area contributed by atoms with Crippen LogP contribution < -0.4 is 0 Å². The van der Waals surface area contributed by atoms with Crippen LogP contribution in [0.2, 0.25) is 0 Å². The summed E-state index contributed by atoms with van der Waals surface area (Å²) >= 11 is 0.536. The molecule has 0 rings (SSSR count). The molecule has 0 aliphatic carbocycles. The SMILES string of the molecule is CCOC(=O)CSC[B-](F)(F)F. The van der Waals surface area contributed by atoms with Crippen LogP contribution in [0.1, 0.15) is 6.92 Å². The number of rotatable bonds is 5. The van der Waals surface area contributed by atoms with Gasteiger partial charge in [-0.05, 0) is 12.6 Å². The van der Waals surface area contributed by atoms with Crippen molar-refractivity contribution in [3.05, 3.63) is 0 Å². The van der Waals surface area contributed by atoms with E-state index >= 15 is 0 Å². The first kappa shape index (κ1) is 11.7. The van der Waals surface area contributed by atoms with Crippen LogP contribution in [-0.2, 0) is 9.53 Å². The third kappa shape index (κ3) is 7.78. The van der Waals surface area contributed by atoms with Crippen molar-refractivity contribution in [2.45, 2.75) is 6.92 Å². The minimum absolute atomic E-state index is 0.205. The highest BCUT2D eigenvalue weighted by Gasteiger charge is 2.22. The van der Waals surface area contributed by atoms with Crippen molar-refractivity contribution in [3.8, 4) is 0 Å². The molecule has 0 aromatic rings. The molecular formula is C5H9BF3O2S-. The maximum absolute atomic E-state index is 11.6. The van der Waals surface area contributed by atoms with E-state index < -0.39 is 18.6 Å². The van der Waals surface area contributed by atoms with E-state index in [-0.39, 0.29) is 12.4 Å². The number of ether oxygens (including phenoxy) is 1. The molecule has 0 aliphatic rings. The Kier molecular flexibility index (Phi) is 5.20. The predicted molar refractivity (Wildman–Crippen MR) is 43.0 cm³/mol. The molecule has 0 aromatic carbocycles. The van der Waals surface area contributed by atoms with Crippen LogP contribution in [-0.4, -0.2) is 31.0 Å². The normalized spacial score (nSPS) is 11.3. The monoisotopic (exact) mass is 201 g/mol. The number of hydrogen-bond acceptors (Lipinski definition) is 3. The zero-order valence-corrected chi connectivity index (χ0v) is 7.37. The van der Waals surface area contributed by atoms with E-state index in [0.717, 1.165) is 0 Å². The van der Waals surface area contributed by atoms with Gasteiger partial charge in [0.25, 0.3) is 0 Å². The summed E-state index contributed by atoms with van der Waals surface area (Å²) in [5.74, 6) is -0.822. The molecule has 72 valence electrons. The van der Waals surface area contributed by atoms with Crippen molar-refractivity contribution in [1.29, 1.82) is 0 Å². The van der Waals surface area contributed by atoms with Crippen molar-refractivity contribution < 1.29 is 22.5 Å². The fourth-order valence-electron chi connectivity index (χ4n) is 0.479. The number of esters is 1. The first-order chi connectivity index (χ1) is 5.45. The zero-order chi connectivity index (χ0) is 9.61. The lowest BCUT2D eigenvalue weighted by atomic mass is 9.98. The number of carbonyl (C=O) groups excluding carboxylic acids is 1. The van der Waals surface area contributed by atoms with Gasteiger partial charge in [0.2, 0.25) is 0 Å². The smallest absolute Gasteiger partial charge is 0.465 e. The average molecular weight is 201 g/mol. The van der Waals surface area contributed by atoms with Crippen LogP contribution in [0, 0.1) is 0 Å². The van der Waals surface area contributed by atoms with Crippen LogP contribution in [0.3, 0.4) is 0 Å². The molecule has 0 bridgehead atoms. The van der Waals surface area contributed by atoms with Crippen molar-refractivity contribution in [3.63, 3.8) is 0 Å². The second-order valence-corrected chi connectivity index (χ2v) is 3.06. The maximum Gasteiger partial charge on any atom is 0.488 e. The van der Waals surface area contributed by atoms with Gasteiger partial charge < -0.3 is 17.7 Å². The third-order valence-corrected chi connectivity index (χ3v) is 1.89. The third-order valence-electron chi connectivity index (χ3n) is 0.832. The van der Waals surface area contributed by atoms with Crippen LogP contribution >= 0.6 is 11.8 Å². The quantitative estimate of drug-likeness (QED) is 0.499. The van der Waals surface area contributed by atoms with Crippen LogP contribution in [0.4, 0.5) is 12.9 Å². The number of thioether (sulfide) groups is 1. The second-order valence-electron chi connectivity index (χ2n) is 2.03. The highest BCUT2D eigenvalue weighted by molar-refractivity contribution is 8.01. The van der Waals surface area contributed by atoms with Gasteiger partial charge in [0.15, 0.2) is 0 Å². The van der Waals surface area contributed by atoms with Crippen LogP contribution in [0.25, 0.3) is 0 Å². The van der Waals surface area contributed by atoms with Gasteiger partial charge in [-0.25, -0.2) is 0 Å². The van der Waals surface area contributed by atoms with Crippen molar-refractivity contribution in [1.82, 2.24) is 0 Å². The van der Waals surface area contributed by atoms with Crippen molar-refractivity contribution in [2.24, 2.45) is 0 Å². The average Bonchev–Trinajstić information content (AvgIpc) is 1.84. The van der Waals surface area contributed by atoms with Crippen LogP contribution in [0.15, 0.2) is 0 Å². The molecule has 0 aliphatic heterocycles. The van der Waals surface area contributed by atoms with Gasteiger partial charge in [0.05, 0.1) is 12.4 Å². The summed E-state index contributed by atoms with van der Waals surface area (Å²) in [6.07, 6.45) is 0. The van der Waals surface area contributed by atoms with Gasteiger partial charge in [-0.2, -0.15) is 11.8 Å². The van der Waals surface area contributed by atoms with Gasteiger partial charge in [0.1, 0.15) is 0 Å². The second kappa shape index (κ2) is 5.34. The Bertz CT molecular complexity index is 150. The van der Waals surface area contributed by atoms with E-state index in [9.17, 15) is 17.7 Å².